The van der Waals surface area contributed by atoms with Crippen molar-refractivity contribution in [1.29, 1.82) is 0 Å². The Hall–Kier alpha value is -3.15. The van der Waals surface area contributed by atoms with E-state index >= 15 is 0 Å². The zero-order valence-electron chi connectivity index (χ0n) is 17.1. The van der Waals surface area contributed by atoms with Crippen LogP contribution < -0.4 is 10.6 Å². The third-order valence-corrected chi connectivity index (χ3v) is 5.31. The van der Waals surface area contributed by atoms with Gasteiger partial charge in [0.05, 0.1) is 0 Å². The van der Waals surface area contributed by atoms with E-state index in [1.807, 2.05) is 54.6 Å². The van der Waals surface area contributed by atoms with Crippen LogP contribution in [0.5, 0.6) is 0 Å². The first-order valence-electron chi connectivity index (χ1n) is 9.86. The molecule has 6 nitrogen and oxygen atoms in total. The number of carbonyl (C=O) groups excluding carboxylic acids is 3. The minimum Gasteiger partial charge on any atom is -0.354 e. The minimum atomic E-state index is -1.17. The van der Waals surface area contributed by atoms with Crippen LogP contribution >= 0.6 is 0 Å². The molecule has 1 aliphatic heterocycles. The van der Waals surface area contributed by atoms with Crippen LogP contribution in [0.25, 0.3) is 0 Å². The lowest BCUT2D eigenvalue weighted by Gasteiger charge is -2.22. The Morgan fingerprint density at radius 3 is 2.34 bits per heavy atom. The second-order valence-corrected chi connectivity index (χ2v) is 7.81. The summed E-state index contributed by atoms with van der Waals surface area (Å²) in [5, 5.41) is 5.51. The number of benzene rings is 2. The Morgan fingerprint density at radius 1 is 1.07 bits per heavy atom. The second kappa shape index (κ2) is 8.47. The first kappa shape index (κ1) is 20.6. The molecule has 152 valence electrons. The quantitative estimate of drug-likeness (QED) is 0.710. The van der Waals surface area contributed by atoms with Crippen LogP contribution in [0.4, 0.5) is 4.79 Å². The van der Waals surface area contributed by atoms with Gasteiger partial charge >= 0.3 is 6.03 Å². The highest BCUT2D eigenvalue weighted by Crippen LogP contribution is 2.29. The van der Waals surface area contributed by atoms with Crippen LogP contribution in [0.15, 0.2) is 54.6 Å². The number of carbonyl (C=O) groups is 3. The van der Waals surface area contributed by atoms with Gasteiger partial charge in [0.15, 0.2) is 0 Å². The maximum absolute atomic E-state index is 13.0. The number of imide groups is 1. The molecular formula is C23H27N3O3. The Labute approximate surface area is 171 Å². The topological polar surface area (TPSA) is 78.5 Å². The lowest BCUT2D eigenvalue weighted by molar-refractivity contribution is -0.134. The average molecular weight is 393 g/mol. The van der Waals surface area contributed by atoms with Gasteiger partial charge in [0.1, 0.15) is 12.1 Å². The summed E-state index contributed by atoms with van der Waals surface area (Å²) in [5.41, 5.74) is 1.80. The summed E-state index contributed by atoms with van der Waals surface area (Å²) in [7, 11) is 0. The van der Waals surface area contributed by atoms with E-state index < -0.39 is 17.5 Å². The molecule has 3 rings (SSSR count). The molecule has 2 aromatic rings. The molecule has 4 amide bonds. The Kier molecular flexibility index (Phi) is 6.01. The third-order valence-electron chi connectivity index (χ3n) is 5.31. The molecule has 0 radical (unpaired) electrons. The van der Waals surface area contributed by atoms with Crippen molar-refractivity contribution in [2.75, 3.05) is 13.1 Å². The molecule has 1 fully saturated rings. The van der Waals surface area contributed by atoms with Crippen molar-refractivity contribution in [2.24, 2.45) is 0 Å². The second-order valence-electron chi connectivity index (χ2n) is 7.81. The Morgan fingerprint density at radius 2 is 1.72 bits per heavy atom. The van der Waals surface area contributed by atoms with Crippen LogP contribution in [0.3, 0.4) is 0 Å². The van der Waals surface area contributed by atoms with Gasteiger partial charge in [0, 0.05) is 6.54 Å². The lowest BCUT2D eigenvalue weighted by atomic mass is 9.90. The van der Waals surface area contributed by atoms with Crippen LogP contribution in [0, 0.1) is 0 Å². The molecule has 1 saturated heterocycles. The summed E-state index contributed by atoms with van der Waals surface area (Å²) in [4.78, 5) is 38.6. The molecule has 0 aromatic heterocycles. The standard InChI is InChI=1S/C23H27N3O3/c1-16(2)18-9-11-19(12-10-18)23(3)21(28)26(22(29)25-23)15-20(27)24-14-13-17-7-5-4-6-8-17/h4-12,16H,13-15H2,1-3H3,(H,24,27)(H,25,29)/t23-/m0/s1. The van der Waals surface area contributed by atoms with Crippen LogP contribution in [0.2, 0.25) is 0 Å². The molecule has 0 bridgehead atoms. The zero-order valence-corrected chi connectivity index (χ0v) is 17.1. The Bertz CT molecular complexity index is 893. The summed E-state index contributed by atoms with van der Waals surface area (Å²) in [5.74, 6) is -0.399. The number of urea groups is 1. The summed E-state index contributed by atoms with van der Waals surface area (Å²) >= 11 is 0. The van der Waals surface area contributed by atoms with Crippen LogP contribution in [-0.2, 0) is 21.5 Å². The van der Waals surface area contributed by atoms with E-state index in [0.717, 1.165) is 16.0 Å². The number of nitrogens with zero attached hydrogens (tertiary/aromatic N) is 1. The smallest absolute Gasteiger partial charge is 0.325 e. The normalized spacial score (nSPS) is 18.8. The monoisotopic (exact) mass is 393 g/mol. The lowest BCUT2D eigenvalue weighted by Crippen LogP contribution is -2.43. The summed E-state index contributed by atoms with van der Waals surface area (Å²) in [6.45, 7) is 6.01. The van der Waals surface area contributed by atoms with Gasteiger partial charge in [0.2, 0.25) is 5.91 Å². The maximum atomic E-state index is 13.0. The number of amides is 4. The van der Waals surface area contributed by atoms with Gasteiger partial charge in [-0.2, -0.15) is 0 Å². The fraction of sp³-hybridized carbons (Fsp3) is 0.348. The molecule has 6 heteroatoms. The first-order valence-corrected chi connectivity index (χ1v) is 9.86. The molecule has 1 atom stereocenters. The highest BCUT2D eigenvalue weighted by atomic mass is 16.2. The Balaban J connectivity index is 1.61. The molecule has 0 spiro atoms. The number of hydrogen-bond donors (Lipinski definition) is 2. The molecule has 1 heterocycles. The van der Waals surface area contributed by atoms with Crippen LogP contribution in [0.1, 0.15) is 43.4 Å². The zero-order chi connectivity index (χ0) is 21.0. The van der Waals surface area contributed by atoms with E-state index in [-0.39, 0.29) is 12.5 Å². The van der Waals surface area contributed by atoms with Crippen molar-refractivity contribution in [3.8, 4) is 0 Å². The average Bonchev–Trinajstić information content (AvgIpc) is 2.93. The summed E-state index contributed by atoms with van der Waals surface area (Å²) < 4.78 is 0. The highest BCUT2D eigenvalue weighted by Gasteiger charge is 2.49. The maximum Gasteiger partial charge on any atom is 0.325 e. The number of hydrogen-bond acceptors (Lipinski definition) is 3. The van der Waals surface area contributed by atoms with Crippen molar-refractivity contribution in [2.45, 2.75) is 38.6 Å². The molecule has 0 unspecified atom stereocenters. The van der Waals surface area contributed by atoms with Gasteiger partial charge in [-0.25, -0.2) is 4.79 Å². The van der Waals surface area contributed by atoms with Gasteiger partial charge in [-0.15, -0.1) is 0 Å². The number of nitrogens with one attached hydrogen (secondary N) is 2. The van der Waals surface area contributed by atoms with E-state index in [9.17, 15) is 14.4 Å². The predicted octanol–water partition coefficient (Wildman–Crippen LogP) is 2.94. The highest BCUT2D eigenvalue weighted by molar-refractivity contribution is 6.09. The van der Waals surface area contributed by atoms with Crippen molar-refractivity contribution in [1.82, 2.24) is 15.5 Å². The van der Waals surface area contributed by atoms with Crippen molar-refractivity contribution in [3.05, 3.63) is 71.3 Å². The fourth-order valence-corrected chi connectivity index (χ4v) is 3.43. The van der Waals surface area contributed by atoms with Gasteiger partial charge in [-0.3, -0.25) is 14.5 Å². The van der Waals surface area contributed by atoms with Gasteiger partial charge in [-0.05, 0) is 36.0 Å². The van der Waals surface area contributed by atoms with E-state index in [4.69, 9.17) is 0 Å². The molecule has 1 aliphatic rings. The SMILES string of the molecule is CC(C)c1ccc([C@]2(C)NC(=O)N(CC(=O)NCCc3ccccc3)C2=O)cc1. The van der Waals surface area contributed by atoms with Crippen molar-refractivity contribution < 1.29 is 14.4 Å². The molecule has 0 saturated carbocycles. The van der Waals surface area contributed by atoms with E-state index in [1.165, 1.54) is 0 Å². The molecule has 29 heavy (non-hydrogen) atoms. The van der Waals surface area contributed by atoms with Gasteiger partial charge in [-0.1, -0.05) is 68.4 Å². The molecule has 2 aromatic carbocycles. The predicted molar refractivity (Wildman–Crippen MR) is 111 cm³/mol. The third kappa shape index (κ3) is 4.47. The summed E-state index contributed by atoms with van der Waals surface area (Å²) in [6, 6.07) is 16.9. The van der Waals surface area contributed by atoms with E-state index in [0.29, 0.717) is 24.4 Å². The van der Waals surface area contributed by atoms with E-state index in [1.54, 1.807) is 6.92 Å². The summed E-state index contributed by atoms with van der Waals surface area (Å²) in [6.07, 6.45) is 0.687. The minimum absolute atomic E-state index is 0.293. The molecular weight excluding hydrogens is 366 g/mol. The molecule has 0 aliphatic carbocycles. The number of rotatable bonds is 7. The van der Waals surface area contributed by atoms with E-state index in [2.05, 4.69) is 24.5 Å². The fourth-order valence-electron chi connectivity index (χ4n) is 3.43. The van der Waals surface area contributed by atoms with Gasteiger partial charge < -0.3 is 10.6 Å². The first-order chi connectivity index (χ1) is 13.8. The van der Waals surface area contributed by atoms with Gasteiger partial charge in [0.25, 0.3) is 5.91 Å². The van der Waals surface area contributed by atoms with Crippen LogP contribution in [-0.4, -0.2) is 35.8 Å². The largest absolute Gasteiger partial charge is 0.354 e. The molecule has 2 N–H and O–H groups in total. The van der Waals surface area contributed by atoms with Crippen molar-refractivity contribution in [3.63, 3.8) is 0 Å². The van der Waals surface area contributed by atoms with Crippen molar-refractivity contribution >= 4 is 17.8 Å².